The van der Waals surface area contributed by atoms with Gasteiger partial charge in [-0.05, 0) is 23.8 Å². The van der Waals surface area contributed by atoms with Gasteiger partial charge in [-0.25, -0.2) is 8.78 Å². The summed E-state index contributed by atoms with van der Waals surface area (Å²) in [5.41, 5.74) is 0.0992. The second-order valence-electron chi connectivity index (χ2n) is 2.39. The number of allylic oxidation sites excluding steroid dienone is 1. The van der Waals surface area contributed by atoms with E-state index in [1.807, 2.05) is 13.8 Å². The van der Waals surface area contributed by atoms with Crippen molar-refractivity contribution < 1.29 is 18.7 Å². The normalized spacial score (nSPS) is 10.3. The van der Waals surface area contributed by atoms with E-state index in [0.717, 1.165) is 18.2 Å². The number of aldehydes is 1. The largest absolute Gasteiger partial charge is 0.505 e. The van der Waals surface area contributed by atoms with E-state index in [0.29, 0.717) is 6.07 Å². The molecule has 1 aromatic rings. The first-order valence-corrected chi connectivity index (χ1v) is 4.44. The number of halogens is 2. The fourth-order valence-electron chi connectivity index (χ4n) is 0.863. The molecule has 1 aromatic carbocycles. The third-order valence-corrected chi connectivity index (χ3v) is 1.32. The molecule has 0 radical (unpaired) electrons. The molecule has 15 heavy (non-hydrogen) atoms. The van der Waals surface area contributed by atoms with Crippen LogP contribution in [-0.4, -0.2) is 11.4 Å². The van der Waals surface area contributed by atoms with Gasteiger partial charge >= 0.3 is 0 Å². The molecule has 2 nitrogen and oxygen atoms in total. The van der Waals surface area contributed by atoms with E-state index in [-0.39, 0.29) is 11.8 Å². The highest BCUT2D eigenvalue weighted by Crippen LogP contribution is 2.10. The minimum absolute atomic E-state index is 0.0992. The smallest absolute Gasteiger partial charge is 0.184 e. The Hall–Kier alpha value is -1.71. The molecule has 0 aliphatic carbocycles. The van der Waals surface area contributed by atoms with Crippen LogP contribution in [0.15, 0.2) is 24.0 Å². The highest BCUT2D eigenvalue weighted by molar-refractivity contribution is 5.78. The van der Waals surface area contributed by atoms with Gasteiger partial charge in [0.2, 0.25) is 0 Å². The van der Waals surface area contributed by atoms with Crippen LogP contribution in [0.3, 0.4) is 0 Å². The number of hydrogen-bond acceptors (Lipinski definition) is 2. The Morgan fingerprint density at radius 2 is 1.67 bits per heavy atom. The van der Waals surface area contributed by atoms with E-state index >= 15 is 0 Å². The molecule has 0 heterocycles. The lowest BCUT2D eigenvalue weighted by molar-refractivity contribution is -0.106. The van der Waals surface area contributed by atoms with Crippen molar-refractivity contribution in [3.05, 3.63) is 41.2 Å². The first-order chi connectivity index (χ1) is 7.11. The Morgan fingerprint density at radius 3 is 2.07 bits per heavy atom. The first-order valence-electron chi connectivity index (χ1n) is 4.44. The van der Waals surface area contributed by atoms with Gasteiger partial charge in [-0.15, -0.1) is 0 Å². The van der Waals surface area contributed by atoms with Crippen molar-refractivity contribution in [1.29, 1.82) is 0 Å². The number of carbonyl (C=O) groups excluding carboxylic acids is 1. The van der Waals surface area contributed by atoms with Crippen molar-refractivity contribution in [3.8, 4) is 0 Å². The zero-order valence-corrected chi connectivity index (χ0v) is 8.50. The van der Waals surface area contributed by atoms with Gasteiger partial charge in [0.25, 0.3) is 0 Å². The fourth-order valence-corrected chi connectivity index (χ4v) is 0.863. The Labute approximate surface area is 86.9 Å². The number of benzene rings is 1. The molecule has 0 aromatic heterocycles. The lowest BCUT2D eigenvalue weighted by atomic mass is 10.2. The van der Waals surface area contributed by atoms with Crippen LogP contribution in [0.1, 0.15) is 19.4 Å². The van der Waals surface area contributed by atoms with Crippen molar-refractivity contribution in [2.45, 2.75) is 13.8 Å². The average Bonchev–Trinajstić information content (AvgIpc) is 2.19. The summed E-state index contributed by atoms with van der Waals surface area (Å²) in [6, 6.07) is 2.71. The van der Waals surface area contributed by atoms with Gasteiger partial charge in [0.1, 0.15) is 11.6 Å². The molecule has 4 heteroatoms. The maximum atomic E-state index is 12.5. The summed E-state index contributed by atoms with van der Waals surface area (Å²) in [5.74, 6) is -2.10. The molecule has 0 spiro atoms. The molecule has 0 bridgehead atoms. The van der Waals surface area contributed by atoms with Crippen LogP contribution in [0.2, 0.25) is 0 Å². The Bertz CT molecular complexity index is 339. The van der Waals surface area contributed by atoms with Crippen LogP contribution in [0.5, 0.6) is 0 Å². The molecular formula is C11H12F2O2. The molecule has 0 aliphatic rings. The number of hydrogen-bond donors (Lipinski definition) is 1. The Balaban J connectivity index is 0.000000921. The van der Waals surface area contributed by atoms with Crippen LogP contribution in [-0.2, 0) is 4.79 Å². The number of aliphatic hydroxyl groups excluding tert-OH is 1. The van der Waals surface area contributed by atoms with E-state index in [1.165, 1.54) is 0 Å². The van der Waals surface area contributed by atoms with Gasteiger partial charge < -0.3 is 5.11 Å². The standard InChI is InChI=1S/C9H6F2O2.C2H6/c10-7-1-6(2-8(11)4-7)3-9(13)5-12;1-2/h1-5,13H;1-2H3/b9-3-;. The summed E-state index contributed by atoms with van der Waals surface area (Å²) in [4.78, 5) is 9.97. The summed E-state index contributed by atoms with van der Waals surface area (Å²) in [6.07, 6.45) is 1.15. The van der Waals surface area contributed by atoms with Gasteiger partial charge in [-0.1, -0.05) is 13.8 Å². The zero-order valence-electron chi connectivity index (χ0n) is 8.50. The number of carbonyl (C=O) groups is 1. The second-order valence-corrected chi connectivity index (χ2v) is 2.39. The Kier molecular flexibility index (Phi) is 5.94. The van der Waals surface area contributed by atoms with Gasteiger partial charge in [0, 0.05) is 6.07 Å². The van der Waals surface area contributed by atoms with E-state index in [1.54, 1.807) is 0 Å². The summed E-state index contributed by atoms with van der Waals surface area (Å²) >= 11 is 0. The molecule has 0 unspecified atom stereocenters. The molecule has 0 fully saturated rings. The van der Waals surface area contributed by atoms with Crippen molar-refractivity contribution in [1.82, 2.24) is 0 Å². The maximum absolute atomic E-state index is 12.5. The quantitative estimate of drug-likeness (QED) is 0.466. The predicted molar refractivity (Wildman–Crippen MR) is 54.4 cm³/mol. The minimum atomic E-state index is -0.759. The monoisotopic (exact) mass is 214 g/mol. The van der Waals surface area contributed by atoms with E-state index in [9.17, 15) is 13.6 Å². The highest BCUT2D eigenvalue weighted by atomic mass is 19.1. The van der Waals surface area contributed by atoms with Gasteiger partial charge in [0.15, 0.2) is 12.0 Å². The highest BCUT2D eigenvalue weighted by Gasteiger charge is 1.99. The Morgan fingerprint density at radius 1 is 1.20 bits per heavy atom. The first kappa shape index (κ1) is 13.3. The molecule has 0 saturated heterocycles. The average molecular weight is 214 g/mol. The molecule has 1 N–H and O–H groups in total. The molecular weight excluding hydrogens is 202 g/mol. The van der Waals surface area contributed by atoms with Crippen molar-refractivity contribution in [2.75, 3.05) is 0 Å². The van der Waals surface area contributed by atoms with Gasteiger partial charge in [-0.2, -0.15) is 0 Å². The lowest BCUT2D eigenvalue weighted by Crippen LogP contribution is -1.85. The van der Waals surface area contributed by atoms with E-state index in [2.05, 4.69) is 0 Å². The van der Waals surface area contributed by atoms with Crippen LogP contribution in [0.4, 0.5) is 8.78 Å². The summed E-state index contributed by atoms with van der Waals surface area (Å²) in [5, 5.41) is 8.74. The number of rotatable bonds is 2. The maximum Gasteiger partial charge on any atom is 0.184 e. The number of aliphatic hydroxyl groups is 1. The second kappa shape index (κ2) is 6.70. The molecule has 0 aliphatic heterocycles. The van der Waals surface area contributed by atoms with Gasteiger partial charge in [-0.3, -0.25) is 4.79 Å². The van der Waals surface area contributed by atoms with Crippen molar-refractivity contribution in [3.63, 3.8) is 0 Å². The fraction of sp³-hybridized carbons (Fsp3) is 0.182. The van der Waals surface area contributed by atoms with E-state index in [4.69, 9.17) is 5.11 Å². The van der Waals surface area contributed by atoms with Crippen LogP contribution >= 0.6 is 0 Å². The predicted octanol–water partition coefficient (Wildman–Crippen LogP) is 3.09. The van der Waals surface area contributed by atoms with Gasteiger partial charge in [0.05, 0.1) is 0 Å². The molecule has 0 saturated carbocycles. The third kappa shape index (κ3) is 4.90. The third-order valence-electron chi connectivity index (χ3n) is 1.32. The zero-order chi connectivity index (χ0) is 11.8. The van der Waals surface area contributed by atoms with Crippen LogP contribution in [0.25, 0.3) is 6.08 Å². The van der Waals surface area contributed by atoms with Crippen LogP contribution in [0, 0.1) is 11.6 Å². The van der Waals surface area contributed by atoms with Crippen molar-refractivity contribution in [2.24, 2.45) is 0 Å². The van der Waals surface area contributed by atoms with Crippen LogP contribution < -0.4 is 0 Å². The van der Waals surface area contributed by atoms with E-state index < -0.39 is 17.4 Å². The molecule has 0 atom stereocenters. The van der Waals surface area contributed by atoms with Crippen molar-refractivity contribution >= 4 is 12.4 Å². The molecule has 1 rings (SSSR count). The molecule has 0 amide bonds. The summed E-state index contributed by atoms with van der Waals surface area (Å²) in [7, 11) is 0. The topological polar surface area (TPSA) is 37.3 Å². The summed E-state index contributed by atoms with van der Waals surface area (Å²) in [6.45, 7) is 4.00. The minimum Gasteiger partial charge on any atom is -0.505 e. The SMILES string of the molecule is CC.O=C/C(O)=C/c1cc(F)cc(F)c1. The summed E-state index contributed by atoms with van der Waals surface area (Å²) < 4.78 is 25.1. The lowest BCUT2D eigenvalue weighted by Gasteiger charge is -1.95. The molecule has 82 valence electrons.